The summed E-state index contributed by atoms with van der Waals surface area (Å²) in [5, 5.41) is 3.88. The second-order valence-corrected chi connectivity index (χ2v) is 6.69. The Morgan fingerprint density at radius 3 is 3.04 bits per heavy atom. The van der Waals surface area contributed by atoms with Gasteiger partial charge in [0.2, 0.25) is 11.8 Å². The van der Waals surface area contributed by atoms with Crippen LogP contribution in [0.3, 0.4) is 0 Å². The van der Waals surface area contributed by atoms with Crippen molar-refractivity contribution >= 4 is 5.91 Å². The minimum absolute atomic E-state index is 0.199. The van der Waals surface area contributed by atoms with Crippen LogP contribution in [0.25, 0.3) is 0 Å². The number of aromatic nitrogens is 3. The van der Waals surface area contributed by atoms with Crippen molar-refractivity contribution in [2.45, 2.75) is 64.8 Å². The molecule has 1 fully saturated rings. The van der Waals surface area contributed by atoms with E-state index >= 15 is 0 Å². The summed E-state index contributed by atoms with van der Waals surface area (Å²) in [5.41, 5.74) is 2.34. The van der Waals surface area contributed by atoms with Gasteiger partial charge in [-0.3, -0.25) is 9.78 Å². The van der Waals surface area contributed by atoms with Crippen molar-refractivity contribution in [3.05, 3.63) is 41.3 Å². The highest BCUT2D eigenvalue weighted by atomic mass is 16.5. The first-order chi connectivity index (χ1) is 12.2. The SMILES string of the molecule is CCc1noc(CCC(=O)N2CCC[C@H]2CCc2ccnc(C)c2)n1. The number of pyridine rings is 1. The van der Waals surface area contributed by atoms with Crippen molar-refractivity contribution in [3.63, 3.8) is 0 Å². The van der Waals surface area contributed by atoms with E-state index in [1.54, 1.807) is 0 Å². The molecule has 25 heavy (non-hydrogen) atoms. The quantitative estimate of drug-likeness (QED) is 0.773. The molecule has 1 amide bonds. The Labute approximate surface area is 148 Å². The van der Waals surface area contributed by atoms with Crippen LogP contribution in [-0.2, 0) is 24.1 Å². The van der Waals surface area contributed by atoms with E-state index in [1.165, 1.54) is 5.56 Å². The Bertz CT molecular complexity index is 713. The highest BCUT2D eigenvalue weighted by molar-refractivity contribution is 5.77. The maximum atomic E-state index is 12.6. The normalized spacial score (nSPS) is 17.2. The molecule has 3 heterocycles. The largest absolute Gasteiger partial charge is 0.340 e. The zero-order valence-electron chi connectivity index (χ0n) is 15.1. The highest BCUT2D eigenvalue weighted by Crippen LogP contribution is 2.23. The maximum absolute atomic E-state index is 12.6. The van der Waals surface area contributed by atoms with Gasteiger partial charge in [0.15, 0.2) is 5.82 Å². The van der Waals surface area contributed by atoms with Crippen molar-refractivity contribution in [1.82, 2.24) is 20.0 Å². The fourth-order valence-corrected chi connectivity index (χ4v) is 3.45. The Hall–Kier alpha value is -2.24. The lowest BCUT2D eigenvalue weighted by atomic mass is 10.0. The summed E-state index contributed by atoms with van der Waals surface area (Å²) < 4.78 is 5.17. The molecule has 0 radical (unpaired) electrons. The van der Waals surface area contributed by atoms with E-state index in [1.807, 2.05) is 24.9 Å². The molecule has 0 N–H and O–H groups in total. The summed E-state index contributed by atoms with van der Waals surface area (Å²) in [6.45, 7) is 4.86. The summed E-state index contributed by atoms with van der Waals surface area (Å²) in [5.74, 6) is 1.46. The molecule has 0 aliphatic carbocycles. The molecule has 1 saturated heterocycles. The molecule has 2 aromatic rings. The van der Waals surface area contributed by atoms with Gasteiger partial charge in [0.05, 0.1) is 0 Å². The molecule has 0 unspecified atom stereocenters. The van der Waals surface area contributed by atoms with Crippen LogP contribution in [0.4, 0.5) is 0 Å². The van der Waals surface area contributed by atoms with Crippen LogP contribution in [0, 0.1) is 6.92 Å². The third kappa shape index (κ3) is 4.65. The van der Waals surface area contributed by atoms with Gasteiger partial charge >= 0.3 is 0 Å². The number of aryl methyl sites for hydroxylation is 4. The van der Waals surface area contributed by atoms with Crippen molar-refractivity contribution in [2.75, 3.05) is 6.54 Å². The molecular formula is C19H26N4O2. The fourth-order valence-electron chi connectivity index (χ4n) is 3.45. The monoisotopic (exact) mass is 342 g/mol. The number of hydrogen-bond donors (Lipinski definition) is 0. The molecule has 6 heteroatoms. The fraction of sp³-hybridized carbons (Fsp3) is 0.579. The third-order valence-electron chi connectivity index (χ3n) is 4.80. The van der Waals surface area contributed by atoms with Crippen LogP contribution in [-0.4, -0.2) is 38.5 Å². The number of carbonyl (C=O) groups excluding carboxylic acids is 1. The first-order valence-electron chi connectivity index (χ1n) is 9.18. The van der Waals surface area contributed by atoms with Crippen LogP contribution in [0.5, 0.6) is 0 Å². The first-order valence-corrected chi connectivity index (χ1v) is 9.18. The molecule has 0 saturated carbocycles. The zero-order chi connectivity index (χ0) is 17.6. The molecule has 1 atom stereocenters. The highest BCUT2D eigenvalue weighted by Gasteiger charge is 2.28. The predicted molar refractivity (Wildman–Crippen MR) is 94.0 cm³/mol. The Balaban J connectivity index is 1.50. The van der Waals surface area contributed by atoms with E-state index in [0.717, 1.165) is 44.3 Å². The Kier molecular flexibility index (Phi) is 5.79. The summed E-state index contributed by atoms with van der Waals surface area (Å²) >= 11 is 0. The average molecular weight is 342 g/mol. The summed E-state index contributed by atoms with van der Waals surface area (Å²) in [7, 11) is 0. The molecular weight excluding hydrogens is 316 g/mol. The van der Waals surface area contributed by atoms with Crippen LogP contribution < -0.4 is 0 Å². The molecule has 134 valence electrons. The lowest BCUT2D eigenvalue weighted by Crippen LogP contribution is -2.36. The first kappa shape index (κ1) is 17.6. The van der Waals surface area contributed by atoms with Crippen LogP contribution in [0.1, 0.15) is 55.6 Å². The number of amides is 1. The minimum atomic E-state index is 0.199. The Morgan fingerprint density at radius 2 is 2.28 bits per heavy atom. The third-order valence-corrected chi connectivity index (χ3v) is 4.80. The molecule has 0 aromatic carbocycles. The van der Waals surface area contributed by atoms with E-state index < -0.39 is 0 Å². The lowest BCUT2D eigenvalue weighted by Gasteiger charge is -2.24. The van der Waals surface area contributed by atoms with Gasteiger partial charge in [-0.1, -0.05) is 12.1 Å². The van der Waals surface area contributed by atoms with E-state index in [4.69, 9.17) is 4.52 Å². The number of nitrogens with zero attached hydrogens (tertiary/aromatic N) is 4. The second kappa shape index (κ2) is 8.23. The number of hydrogen-bond acceptors (Lipinski definition) is 5. The molecule has 2 aromatic heterocycles. The van der Waals surface area contributed by atoms with Gasteiger partial charge in [0.1, 0.15) is 0 Å². The van der Waals surface area contributed by atoms with Gasteiger partial charge in [0.25, 0.3) is 0 Å². The molecule has 1 aliphatic rings. The summed E-state index contributed by atoms with van der Waals surface area (Å²) in [6, 6.07) is 4.53. The maximum Gasteiger partial charge on any atom is 0.227 e. The second-order valence-electron chi connectivity index (χ2n) is 6.69. The zero-order valence-corrected chi connectivity index (χ0v) is 15.1. The lowest BCUT2D eigenvalue weighted by molar-refractivity contribution is -0.132. The molecule has 0 bridgehead atoms. The topological polar surface area (TPSA) is 72.1 Å². The van der Waals surface area contributed by atoms with Crippen LogP contribution in [0.15, 0.2) is 22.9 Å². The van der Waals surface area contributed by atoms with E-state index in [9.17, 15) is 4.79 Å². The van der Waals surface area contributed by atoms with E-state index in [0.29, 0.717) is 30.6 Å². The van der Waals surface area contributed by atoms with Crippen molar-refractivity contribution < 1.29 is 9.32 Å². The standard InChI is InChI=1S/C19H26N4O2/c1-3-17-21-18(25-22-17)8-9-19(24)23-12-4-5-16(23)7-6-15-10-11-20-14(2)13-15/h10-11,13,16H,3-9,12H2,1-2H3/t16-/m0/s1. The average Bonchev–Trinajstić information content (AvgIpc) is 3.27. The van der Waals surface area contributed by atoms with Gasteiger partial charge in [-0.25, -0.2) is 0 Å². The van der Waals surface area contributed by atoms with Gasteiger partial charge in [-0.05, 0) is 50.3 Å². The van der Waals surface area contributed by atoms with Crippen molar-refractivity contribution in [1.29, 1.82) is 0 Å². The Morgan fingerprint density at radius 1 is 1.40 bits per heavy atom. The predicted octanol–water partition coefficient (Wildman–Crippen LogP) is 2.89. The van der Waals surface area contributed by atoms with E-state index in [2.05, 4.69) is 27.3 Å². The minimum Gasteiger partial charge on any atom is -0.340 e. The molecule has 3 rings (SSSR count). The van der Waals surface area contributed by atoms with Gasteiger partial charge in [-0.2, -0.15) is 4.98 Å². The van der Waals surface area contributed by atoms with Crippen molar-refractivity contribution in [2.24, 2.45) is 0 Å². The number of carbonyl (C=O) groups is 1. The van der Waals surface area contributed by atoms with Gasteiger partial charge in [0, 0.05) is 43.7 Å². The van der Waals surface area contributed by atoms with Crippen LogP contribution >= 0.6 is 0 Å². The smallest absolute Gasteiger partial charge is 0.227 e. The summed E-state index contributed by atoms with van der Waals surface area (Å²) in [6.07, 6.45) is 7.76. The molecule has 1 aliphatic heterocycles. The summed E-state index contributed by atoms with van der Waals surface area (Å²) in [4.78, 5) is 23.2. The van der Waals surface area contributed by atoms with Crippen LogP contribution in [0.2, 0.25) is 0 Å². The molecule has 0 spiro atoms. The van der Waals surface area contributed by atoms with Gasteiger partial charge < -0.3 is 9.42 Å². The molecule has 6 nitrogen and oxygen atoms in total. The number of likely N-dealkylation sites (tertiary alicyclic amines) is 1. The van der Waals surface area contributed by atoms with E-state index in [-0.39, 0.29) is 5.91 Å². The van der Waals surface area contributed by atoms with Crippen molar-refractivity contribution in [3.8, 4) is 0 Å². The van der Waals surface area contributed by atoms with Gasteiger partial charge in [-0.15, -0.1) is 0 Å². The number of rotatable bonds is 7.